The molecule has 0 amide bonds. The first-order valence-electron chi connectivity index (χ1n) is 3.63. The fourth-order valence-electron chi connectivity index (χ4n) is 1.43. The molecule has 4 nitrogen and oxygen atoms in total. The van der Waals surface area contributed by atoms with E-state index in [4.69, 9.17) is 22.9 Å². The van der Waals surface area contributed by atoms with E-state index in [0.717, 1.165) is 12.8 Å². The molecule has 1 aliphatic carbocycles. The van der Waals surface area contributed by atoms with Crippen LogP contribution < -0.4 is 22.9 Å². The van der Waals surface area contributed by atoms with Crippen molar-refractivity contribution in [3.63, 3.8) is 0 Å². The summed E-state index contributed by atoms with van der Waals surface area (Å²) in [4.78, 5) is 0. The van der Waals surface area contributed by atoms with Gasteiger partial charge in [0.1, 0.15) is 0 Å². The highest BCUT2D eigenvalue weighted by Crippen LogP contribution is 2.13. The Labute approximate surface area is 60.9 Å². The van der Waals surface area contributed by atoms with Crippen molar-refractivity contribution >= 4 is 0 Å². The van der Waals surface area contributed by atoms with Gasteiger partial charge in [0, 0.05) is 24.2 Å². The van der Waals surface area contributed by atoms with Crippen LogP contribution >= 0.6 is 0 Å². The van der Waals surface area contributed by atoms with Crippen LogP contribution in [0, 0.1) is 0 Å². The van der Waals surface area contributed by atoms with Gasteiger partial charge in [-0.15, -0.1) is 0 Å². The first-order valence-corrected chi connectivity index (χ1v) is 3.63. The molecule has 8 N–H and O–H groups in total. The van der Waals surface area contributed by atoms with Gasteiger partial charge in [-0.2, -0.15) is 0 Å². The van der Waals surface area contributed by atoms with Crippen LogP contribution in [0.3, 0.4) is 0 Å². The van der Waals surface area contributed by atoms with Crippen molar-refractivity contribution in [2.75, 3.05) is 0 Å². The van der Waals surface area contributed by atoms with E-state index in [1.807, 2.05) is 0 Å². The molecule has 1 fully saturated rings. The molecule has 3 unspecified atom stereocenters. The van der Waals surface area contributed by atoms with Crippen molar-refractivity contribution in [2.45, 2.75) is 37.0 Å². The highest BCUT2D eigenvalue weighted by Gasteiger charge is 2.29. The van der Waals surface area contributed by atoms with Crippen molar-refractivity contribution in [2.24, 2.45) is 22.9 Å². The molecule has 1 saturated carbocycles. The molecule has 0 aromatic carbocycles. The average Bonchev–Trinajstić information content (AvgIpc) is 1.82. The second kappa shape index (κ2) is 2.84. The highest BCUT2D eigenvalue weighted by atomic mass is 14.9. The van der Waals surface area contributed by atoms with Crippen molar-refractivity contribution in [1.82, 2.24) is 0 Å². The smallest absolute Gasteiger partial charge is 0.0347 e. The molecule has 0 spiro atoms. The SMILES string of the molecule is NC1CC(N)C(N)[C@H](N)C1. The number of rotatable bonds is 0. The zero-order valence-electron chi connectivity index (χ0n) is 6.03. The van der Waals surface area contributed by atoms with Gasteiger partial charge < -0.3 is 22.9 Å². The predicted octanol–water partition coefficient (Wildman–Crippen LogP) is -1.91. The molecule has 0 radical (unpaired) electrons. The van der Waals surface area contributed by atoms with Crippen LogP contribution in [0.2, 0.25) is 0 Å². The van der Waals surface area contributed by atoms with Crippen LogP contribution in [0.4, 0.5) is 0 Å². The molecule has 1 rings (SSSR count). The monoisotopic (exact) mass is 144 g/mol. The van der Waals surface area contributed by atoms with Gasteiger partial charge >= 0.3 is 0 Å². The van der Waals surface area contributed by atoms with Crippen LogP contribution in [0.5, 0.6) is 0 Å². The quantitative estimate of drug-likeness (QED) is 0.318. The van der Waals surface area contributed by atoms with E-state index >= 15 is 0 Å². The molecule has 0 aliphatic heterocycles. The number of nitrogens with two attached hydrogens (primary N) is 4. The molecule has 1 aliphatic rings. The van der Waals surface area contributed by atoms with E-state index in [-0.39, 0.29) is 24.2 Å². The summed E-state index contributed by atoms with van der Waals surface area (Å²) in [5, 5.41) is 0. The Bertz CT molecular complexity index is 104. The molecule has 0 aromatic heterocycles. The van der Waals surface area contributed by atoms with Gasteiger partial charge in [0.25, 0.3) is 0 Å². The highest BCUT2D eigenvalue weighted by molar-refractivity contribution is 4.94. The molecule has 0 aromatic rings. The minimum Gasteiger partial charge on any atom is -0.328 e. The van der Waals surface area contributed by atoms with E-state index in [0.29, 0.717) is 0 Å². The molecule has 60 valence electrons. The summed E-state index contributed by atoms with van der Waals surface area (Å²) in [6.45, 7) is 0. The Morgan fingerprint density at radius 2 is 1.20 bits per heavy atom. The molecular formula is C6H16N4. The fourth-order valence-corrected chi connectivity index (χ4v) is 1.43. The summed E-state index contributed by atoms with van der Waals surface area (Å²) in [7, 11) is 0. The molecule has 10 heavy (non-hydrogen) atoms. The largest absolute Gasteiger partial charge is 0.328 e. The van der Waals surface area contributed by atoms with Gasteiger partial charge in [-0.05, 0) is 12.8 Å². The zero-order chi connectivity index (χ0) is 7.72. The third-order valence-electron chi connectivity index (χ3n) is 2.14. The first-order chi connectivity index (χ1) is 4.61. The molecular weight excluding hydrogens is 128 g/mol. The fraction of sp³-hybridized carbons (Fsp3) is 1.00. The molecule has 0 heterocycles. The van der Waals surface area contributed by atoms with E-state index in [2.05, 4.69) is 0 Å². The van der Waals surface area contributed by atoms with Gasteiger partial charge in [-0.25, -0.2) is 0 Å². The summed E-state index contributed by atoms with van der Waals surface area (Å²) < 4.78 is 0. The Hall–Kier alpha value is -0.160. The third kappa shape index (κ3) is 1.46. The van der Waals surface area contributed by atoms with Gasteiger partial charge in [-0.1, -0.05) is 0 Å². The Balaban J connectivity index is 2.49. The summed E-state index contributed by atoms with van der Waals surface area (Å²) in [5.74, 6) is 0. The van der Waals surface area contributed by atoms with Gasteiger partial charge in [0.2, 0.25) is 0 Å². The Morgan fingerprint density at radius 1 is 0.800 bits per heavy atom. The first kappa shape index (κ1) is 7.94. The lowest BCUT2D eigenvalue weighted by atomic mass is 9.85. The van der Waals surface area contributed by atoms with E-state index in [9.17, 15) is 0 Å². The minimum atomic E-state index is -0.0696. The van der Waals surface area contributed by atoms with Crippen LogP contribution in [0.1, 0.15) is 12.8 Å². The molecule has 0 saturated heterocycles. The van der Waals surface area contributed by atoms with Crippen molar-refractivity contribution < 1.29 is 0 Å². The maximum absolute atomic E-state index is 5.68. The number of hydrogen-bond acceptors (Lipinski definition) is 4. The Morgan fingerprint density at radius 3 is 1.60 bits per heavy atom. The lowest BCUT2D eigenvalue weighted by molar-refractivity contribution is 0.308. The summed E-state index contributed by atoms with van der Waals surface area (Å²) in [5.41, 5.74) is 22.7. The molecule has 4 atom stereocenters. The Kier molecular flexibility index (Phi) is 2.25. The summed E-state index contributed by atoms with van der Waals surface area (Å²) >= 11 is 0. The lowest BCUT2D eigenvalue weighted by Gasteiger charge is -2.34. The standard InChI is InChI=1S/C6H16N4/c7-3-1-4(8)6(10)5(9)2-3/h3-6H,1-2,7-10H2/t3?,4-,5?,6?/m1/s1. The molecule has 4 heteroatoms. The predicted molar refractivity (Wildman–Crippen MR) is 41.1 cm³/mol. The summed E-state index contributed by atoms with van der Waals surface area (Å²) in [6, 6.07) is 0.0436. The van der Waals surface area contributed by atoms with Gasteiger partial charge in [0.05, 0.1) is 0 Å². The molecule has 0 bridgehead atoms. The van der Waals surface area contributed by atoms with Crippen molar-refractivity contribution in [3.8, 4) is 0 Å². The van der Waals surface area contributed by atoms with E-state index < -0.39 is 0 Å². The second-order valence-electron chi connectivity index (χ2n) is 3.14. The normalized spacial score (nSPS) is 49.2. The van der Waals surface area contributed by atoms with Crippen molar-refractivity contribution in [3.05, 3.63) is 0 Å². The van der Waals surface area contributed by atoms with Crippen LogP contribution in [-0.2, 0) is 0 Å². The summed E-state index contributed by atoms with van der Waals surface area (Å²) in [6.07, 6.45) is 1.60. The van der Waals surface area contributed by atoms with Crippen LogP contribution in [-0.4, -0.2) is 24.2 Å². The van der Waals surface area contributed by atoms with Crippen LogP contribution in [0.15, 0.2) is 0 Å². The lowest BCUT2D eigenvalue weighted by Crippen LogP contribution is -2.60. The topological polar surface area (TPSA) is 104 Å². The van der Waals surface area contributed by atoms with Crippen LogP contribution in [0.25, 0.3) is 0 Å². The number of hydrogen-bond donors (Lipinski definition) is 4. The minimum absolute atomic E-state index is 0.0150. The maximum Gasteiger partial charge on any atom is 0.0347 e. The van der Waals surface area contributed by atoms with E-state index in [1.54, 1.807) is 0 Å². The second-order valence-corrected chi connectivity index (χ2v) is 3.14. The third-order valence-corrected chi connectivity index (χ3v) is 2.14. The maximum atomic E-state index is 5.68. The van der Waals surface area contributed by atoms with E-state index in [1.165, 1.54) is 0 Å². The van der Waals surface area contributed by atoms with Crippen molar-refractivity contribution in [1.29, 1.82) is 0 Å². The van der Waals surface area contributed by atoms with Gasteiger partial charge in [-0.3, -0.25) is 0 Å². The average molecular weight is 144 g/mol. The zero-order valence-corrected chi connectivity index (χ0v) is 6.03. The van der Waals surface area contributed by atoms with Gasteiger partial charge in [0.15, 0.2) is 0 Å².